The lowest BCUT2D eigenvalue weighted by atomic mass is 9.82. The molecule has 2 aliphatic rings. The summed E-state index contributed by atoms with van der Waals surface area (Å²) < 4.78 is 2.62. The van der Waals surface area contributed by atoms with Crippen LogP contribution in [0.2, 0.25) is 0 Å². The molecule has 0 spiro atoms. The van der Waals surface area contributed by atoms with Crippen LogP contribution < -0.4 is 0 Å². The number of piperidine rings is 1. The van der Waals surface area contributed by atoms with E-state index in [1.165, 1.54) is 47.7 Å². The van der Waals surface area contributed by atoms with E-state index < -0.39 is 0 Å². The van der Waals surface area contributed by atoms with E-state index in [1.807, 2.05) is 0 Å². The molecule has 3 aromatic rings. The molecule has 0 N–H and O–H groups in total. The predicted molar refractivity (Wildman–Crippen MR) is 111 cm³/mol. The largest absolute Gasteiger partial charge is 0.337 e. The van der Waals surface area contributed by atoms with E-state index in [2.05, 4.69) is 78.8 Å². The average Bonchev–Trinajstić information content (AvgIpc) is 2.94. The van der Waals surface area contributed by atoms with Crippen molar-refractivity contribution in [3.05, 3.63) is 64.6 Å². The zero-order valence-corrected chi connectivity index (χ0v) is 16.9. The van der Waals surface area contributed by atoms with Gasteiger partial charge in [-0.2, -0.15) is 0 Å². The molecule has 0 amide bonds. The van der Waals surface area contributed by atoms with Crippen LogP contribution >= 0.6 is 0 Å². The molecule has 27 heavy (non-hydrogen) atoms. The van der Waals surface area contributed by atoms with Gasteiger partial charge in [-0.3, -0.25) is 9.88 Å². The van der Waals surface area contributed by atoms with Crippen LogP contribution in [0.5, 0.6) is 0 Å². The minimum Gasteiger partial charge on any atom is -0.337 e. The second kappa shape index (κ2) is 6.20. The van der Waals surface area contributed by atoms with E-state index in [4.69, 9.17) is 0 Å². The van der Waals surface area contributed by atoms with Gasteiger partial charge in [0.25, 0.3) is 0 Å². The minimum absolute atomic E-state index is 0.302. The highest BCUT2D eigenvalue weighted by atomic mass is 15.2. The fourth-order valence-corrected chi connectivity index (χ4v) is 5.43. The monoisotopic (exact) mass is 359 g/mol. The third kappa shape index (κ3) is 2.55. The van der Waals surface area contributed by atoms with Gasteiger partial charge in [-0.1, -0.05) is 17.7 Å². The lowest BCUT2D eigenvalue weighted by Gasteiger charge is -2.44. The molecule has 0 saturated carbocycles. The molecular weight excluding hydrogens is 330 g/mol. The number of benzene rings is 1. The van der Waals surface area contributed by atoms with E-state index >= 15 is 0 Å². The number of hydrogen-bond acceptors (Lipinski definition) is 2. The third-order valence-electron chi connectivity index (χ3n) is 6.95. The fourth-order valence-electron chi connectivity index (χ4n) is 5.43. The Hall–Kier alpha value is -2.13. The topological polar surface area (TPSA) is 21.1 Å². The summed E-state index contributed by atoms with van der Waals surface area (Å²) in [6.07, 6.45) is 7.19. The quantitative estimate of drug-likeness (QED) is 0.615. The highest BCUT2D eigenvalue weighted by Crippen LogP contribution is 2.46. The standard InChI is InChI=1S/C24H29N3/c1-15-8-11-21-20(12-15)24-22-7-5-6-19(26(22)4)13-23(24)27(21)17(3)18-10-9-16(2)25-14-18/h8-12,14,17,19,22H,5-7,13H2,1-4H3. The summed E-state index contributed by atoms with van der Waals surface area (Å²) >= 11 is 0. The number of hydrogen-bond donors (Lipinski definition) is 0. The summed E-state index contributed by atoms with van der Waals surface area (Å²) in [6.45, 7) is 6.61. The maximum atomic E-state index is 4.56. The number of aryl methyl sites for hydroxylation is 2. The molecule has 5 rings (SSSR count). The van der Waals surface area contributed by atoms with Crippen molar-refractivity contribution in [1.29, 1.82) is 0 Å². The Labute approximate surface area is 162 Å². The van der Waals surface area contributed by atoms with Crippen molar-refractivity contribution in [3.8, 4) is 0 Å². The van der Waals surface area contributed by atoms with Crippen molar-refractivity contribution in [2.45, 2.75) is 64.6 Å². The molecule has 3 unspecified atom stereocenters. The van der Waals surface area contributed by atoms with Gasteiger partial charge in [-0.25, -0.2) is 0 Å². The molecular formula is C24H29N3. The fraction of sp³-hybridized carbons (Fsp3) is 0.458. The van der Waals surface area contributed by atoms with Crippen molar-refractivity contribution < 1.29 is 0 Å². The summed E-state index contributed by atoms with van der Waals surface area (Å²) in [5.74, 6) is 0. The van der Waals surface area contributed by atoms with Crippen LogP contribution in [-0.2, 0) is 6.42 Å². The van der Waals surface area contributed by atoms with Crippen LogP contribution in [0.15, 0.2) is 36.5 Å². The molecule has 1 fully saturated rings. The first-order valence-corrected chi connectivity index (χ1v) is 10.3. The Kier molecular flexibility index (Phi) is 3.90. The molecule has 1 saturated heterocycles. The van der Waals surface area contributed by atoms with E-state index in [9.17, 15) is 0 Å². The third-order valence-corrected chi connectivity index (χ3v) is 6.95. The number of likely N-dealkylation sites (N-methyl/N-ethyl adjacent to an activating group) is 1. The van der Waals surface area contributed by atoms with Gasteiger partial charge in [-0.05, 0) is 76.4 Å². The van der Waals surface area contributed by atoms with Gasteiger partial charge in [0.15, 0.2) is 0 Å². The van der Waals surface area contributed by atoms with Crippen LogP contribution in [0.4, 0.5) is 0 Å². The highest BCUT2D eigenvalue weighted by Gasteiger charge is 2.39. The summed E-state index contributed by atoms with van der Waals surface area (Å²) in [4.78, 5) is 7.21. The second-order valence-electron chi connectivity index (χ2n) is 8.63. The molecule has 2 bridgehead atoms. The van der Waals surface area contributed by atoms with E-state index in [0.29, 0.717) is 18.1 Å². The van der Waals surface area contributed by atoms with Crippen molar-refractivity contribution in [2.75, 3.05) is 7.05 Å². The summed E-state index contributed by atoms with van der Waals surface area (Å²) in [6, 6.07) is 13.0. The van der Waals surface area contributed by atoms with Crippen molar-refractivity contribution in [3.63, 3.8) is 0 Å². The first-order chi connectivity index (χ1) is 13.0. The van der Waals surface area contributed by atoms with Gasteiger partial charge >= 0.3 is 0 Å². The maximum Gasteiger partial charge on any atom is 0.0575 e. The molecule has 140 valence electrons. The Bertz CT molecular complexity index is 999. The minimum atomic E-state index is 0.302. The molecule has 0 aliphatic carbocycles. The smallest absolute Gasteiger partial charge is 0.0575 e. The van der Waals surface area contributed by atoms with E-state index in [-0.39, 0.29) is 0 Å². The second-order valence-corrected chi connectivity index (χ2v) is 8.63. The van der Waals surface area contributed by atoms with E-state index in [0.717, 1.165) is 5.69 Å². The Balaban J connectivity index is 1.76. The van der Waals surface area contributed by atoms with Gasteiger partial charge in [0.1, 0.15) is 0 Å². The zero-order chi connectivity index (χ0) is 18.7. The molecule has 3 atom stereocenters. The lowest BCUT2D eigenvalue weighted by molar-refractivity contribution is 0.0985. The van der Waals surface area contributed by atoms with E-state index in [1.54, 1.807) is 11.3 Å². The maximum absolute atomic E-state index is 4.56. The van der Waals surface area contributed by atoms with Crippen molar-refractivity contribution >= 4 is 10.9 Å². The van der Waals surface area contributed by atoms with Crippen LogP contribution in [0, 0.1) is 13.8 Å². The average molecular weight is 360 g/mol. The number of pyridine rings is 1. The first kappa shape index (κ1) is 17.0. The highest BCUT2D eigenvalue weighted by molar-refractivity contribution is 5.87. The van der Waals surface area contributed by atoms with Gasteiger partial charge in [0, 0.05) is 47.0 Å². The Morgan fingerprint density at radius 2 is 1.96 bits per heavy atom. The summed E-state index contributed by atoms with van der Waals surface area (Å²) in [5, 5.41) is 1.47. The number of aromatic nitrogens is 2. The van der Waals surface area contributed by atoms with Gasteiger partial charge in [-0.15, -0.1) is 0 Å². The lowest BCUT2D eigenvalue weighted by Crippen LogP contribution is -2.44. The molecule has 2 aromatic heterocycles. The van der Waals surface area contributed by atoms with Crippen LogP contribution in [0.25, 0.3) is 10.9 Å². The van der Waals surface area contributed by atoms with Gasteiger partial charge < -0.3 is 4.57 Å². The van der Waals surface area contributed by atoms with Crippen LogP contribution in [0.3, 0.4) is 0 Å². The molecule has 2 aliphatic heterocycles. The number of nitrogens with zero attached hydrogens (tertiary/aromatic N) is 3. The SMILES string of the molecule is Cc1ccc2c(c1)c1c(n2C(C)c2ccc(C)nc2)CC2CCCC1N2C. The summed E-state index contributed by atoms with van der Waals surface area (Å²) in [7, 11) is 2.34. The Morgan fingerprint density at radius 1 is 1.11 bits per heavy atom. The molecule has 1 aromatic carbocycles. The van der Waals surface area contributed by atoms with Gasteiger partial charge in [0.2, 0.25) is 0 Å². The van der Waals surface area contributed by atoms with Crippen LogP contribution in [-0.4, -0.2) is 27.5 Å². The predicted octanol–water partition coefficient (Wildman–Crippen LogP) is 5.34. The molecule has 0 radical (unpaired) electrons. The summed E-state index contributed by atoms with van der Waals surface area (Å²) in [5.41, 5.74) is 8.28. The number of rotatable bonds is 2. The number of fused-ring (bicyclic) bond motifs is 6. The van der Waals surface area contributed by atoms with Crippen molar-refractivity contribution in [2.24, 2.45) is 0 Å². The molecule has 3 heteroatoms. The first-order valence-electron chi connectivity index (χ1n) is 10.3. The van der Waals surface area contributed by atoms with Crippen LogP contribution in [0.1, 0.15) is 66.3 Å². The van der Waals surface area contributed by atoms with Crippen molar-refractivity contribution in [1.82, 2.24) is 14.5 Å². The Morgan fingerprint density at radius 3 is 2.74 bits per heavy atom. The molecule has 3 nitrogen and oxygen atoms in total. The zero-order valence-electron chi connectivity index (χ0n) is 16.9. The van der Waals surface area contributed by atoms with Gasteiger partial charge in [0.05, 0.1) is 6.04 Å². The normalized spacial score (nSPS) is 23.4. The molecule has 4 heterocycles.